The molecule has 8 heteroatoms. The molecule has 3 aromatic rings. The molecule has 136 valence electrons. The van der Waals surface area contributed by atoms with Crippen LogP contribution in [0.25, 0.3) is 0 Å². The molecule has 3 rings (SSSR count). The predicted octanol–water partition coefficient (Wildman–Crippen LogP) is 3.91. The van der Waals surface area contributed by atoms with Crippen LogP contribution in [0, 0.1) is 6.92 Å². The zero-order chi connectivity index (χ0) is 18.7. The summed E-state index contributed by atoms with van der Waals surface area (Å²) in [5.74, 6) is -0.588. The number of imidazole rings is 1. The van der Waals surface area contributed by atoms with Crippen LogP contribution in [-0.2, 0) is 12.6 Å². The number of aryl methyl sites for hydroxylation is 1. The van der Waals surface area contributed by atoms with Crippen molar-refractivity contribution in [1.29, 1.82) is 0 Å². The molecule has 26 heavy (non-hydrogen) atoms. The predicted molar refractivity (Wildman–Crippen MR) is 88.9 cm³/mol. The van der Waals surface area contributed by atoms with Gasteiger partial charge in [0.15, 0.2) is 0 Å². The lowest BCUT2D eigenvalue weighted by Crippen LogP contribution is -2.17. The third-order valence-electron chi connectivity index (χ3n) is 4.16. The Bertz CT molecular complexity index is 878. The van der Waals surface area contributed by atoms with Gasteiger partial charge in [-0.1, -0.05) is 12.1 Å². The molecule has 0 amide bonds. The number of hydrogen-bond acceptors (Lipinski definition) is 4. The Morgan fingerprint density at radius 1 is 1.23 bits per heavy atom. The molecule has 0 aliphatic rings. The fourth-order valence-corrected chi connectivity index (χ4v) is 3.01. The van der Waals surface area contributed by atoms with Crippen LogP contribution in [0.1, 0.15) is 34.0 Å². The summed E-state index contributed by atoms with van der Waals surface area (Å²) in [4.78, 5) is 15.1. The minimum absolute atomic E-state index is 0.173. The number of alkyl halides is 3. The Morgan fingerprint density at radius 2 is 2.04 bits per heavy atom. The van der Waals surface area contributed by atoms with Gasteiger partial charge in [-0.2, -0.15) is 13.2 Å². The summed E-state index contributed by atoms with van der Waals surface area (Å²) in [6.07, 6.45) is 0.301. The molecular weight excluding hydrogens is 345 g/mol. The van der Waals surface area contributed by atoms with E-state index in [1.165, 1.54) is 31.9 Å². The summed E-state index contributed by atoms with van der Waals surface area (Å²) in [5, 5.41) is 0. The molecule has 0 aliphatic heterocycles. The summed E-state index contributed by atoms with van der Waals surface area (Å²) < 4.78 is 45.9. The first-order valence-electron chi connectivity index (χ1n) is 7.91. The highest BCUT2D eigenvalue weighted by Crippen LogP contribution is 2.40. The van der Waals surface area contributed by atoms with Gasteiger partial charge >= 0.3 is 12.2 Å². The van der Waals surface area contributed by atoms with Gasteiger partial charge in [-0.3, -0.25) is 0 Å². The van der Waals surface area contributed by atoms with E-state index in [0.717, 1.165) is 6.07 Å². The maximum atomic E-state index is 13.6. The van der Waals surface area contributed by atoms with Gasteiger partial charge in [0.05, 0.1) is 19.0 Å². The molecule has 0 spiro atoms. The molecule has 2 heterocycles. The largest absolute Gasteiger partial charge is 0.467 e. The van der Waals surface area contributed by atoms with Crippen LogP contribution >= 0.6 is 0 Å². The van der Waals surface area contributed by atoms with Crippen LogP contribution in [0.2, 0.25) is 0 Å². The monoisotopic (exact) mass is 362 g/mol. The van der Waals surface area contributed by atoms with E-state index in [-0.39, 0.29) is 18.0 Å². The van der Waals surface area contributed by atoms with Crippen molar-refractivity contribution in [2.45, 2.75) is 25.4 Å². The van der Waals surface area contributed by atoms with E-state index >= 15 is 0 Å². The van der Waals surface area contributed by atoms with E-state index in [4.69, 9.17) is 4.74 Å². The van der Waals surface area contributed by atoms with Gasteiger partial charge in [0.2, 0.25) is 0 Å². The number of ether oxygens (including phenoxy) is 1. The molecule has 5 nitrogen and oxygen atoms in total. The normalized spacial score (nSPS) is 12.8. The highest BCUT2D eigenvalue weighted by Gasteiger charge is 2.36. The topological polar surface area (TPSA) is 63.7 Å². The van der Waals surface area contributed by atoms with E-state index < -0.39 is 17.7 Å². The van der Waals surface area contributed by atoms with Crippen LogP contribution in [0.15, 0.2) is 43.0 Å². The van der Waals surface area contributed by atoms with Crippen molar-refractivity contribution in [3.05, 3.63) is 71.1 Å². The molecule has 1 N–H and O–H groups in total. The van der Waals surface area contributed by atoms with Crippen LogP contribution in [0.5, 0.6) is 6.01 Å². The quantitative estimate of drug-likeness (QED) is 0.747. The Kier molecular flexibility index (Phi) is 4.92. The number of hydrogen-bond donors (Lipinski definition) is 1. The van der Waals surface area contributed by atoms with E-state index in [0.29, 0.717) is 17.0 Å². The maximum Gasteiger partial charge on any atom is 0.416 e. The van der Waals surface area contributed by atoms with Crippen molar-refractivity contribution in [3.8, 4) is 6.01 Å². The average Bonchev–Trinajstić information content (AvgIpc) is 3.13. The fraction of sp³-hybridized carbons (Fsp3) is 0.278. The molecule has 0 radical (unpaired) electrons. The van der Waals surface area contributed by atoms with Gasteiger partial charge in [-0.15, -0.1) is 0 Å². The first-order chi connectivity index (χ1) is 12.4. The average molecular weight is 362 g/mol. The van der Waals surface area contributed by atoms with Crippen LogP contribution in [0.3, 0.4) is 0 Å². The molecule has 0 aliphatic carbocycles. The van der Waals surface area contributed by atoms with Crippen molar-refractivity contribution in [1.82, 2.24) is 19.9 Å². The zero-order valence-corrected chi connectivity index (χ0v) is 14.2. The molecule has 0 saturated heterocycles. The second-order valence-corrected chi connectivity index (χ2v) is 5.83. The van der Waals surface area contributed by atoms with Gasteiger partial charge in [-0.05, 0) is 30.2 Å². The number of nitrogens with one attached hydrogen (secondary N) is 1. The van der Waals surface area contributed by atoms with Gasteiger partial charge in [-0.25, -0.2) is 15.0 Å². The number of aromatic nitrogens is 4. The molecule has 1 atom stereocenters. The zero-order valence-electron chi connectivity index (χ0n) is 14.2. The molecule has 1 aromatic carbocycles. The third kappa shape index (κ3) is 3.68. The summed E-state index contributed by atoms with van der Waals surface area (Å²) in [6, 6.07) is 6.03. The highest BCUT2D eigenvalue weighted by molar-refractivity contribution is 5.43. The lowest BCUT2D eigenvalue weighted by Gasteiger charge is -2.23. The summed E-state index contributed by atoms with van der Waals surface area (Å²) >= 11 is 0. The Balaban J connectivity index is 2.12. The number of H-pyrrole nitrogens is 1. The summed E-state index contributed by atoms with van der Waals surface area (Å²) in [7, 11) is 1.44. The fourth-order valence-electron chi connectivity index (χ4n) is 3.01. The smallest absolute Gasteiger partial charge is 0.416 e. The van der Waals surface area contributed by atoms with Crippen LogP contribution in [-0.4, -0.2) is 27.0 Å². The van der Waals surface area contributed by atoms with Gasteiger partial charge in [0.1, 0.15) is 0 Å². The van der Waals surface area contributed by atoms with E-state index in [2.05, 4.69) is 19.9 Å². The number of halogens is 3. The second kappa shape index (κ2) is 7.15. The molecule has 2 aromatic heterocycles. The first-order valence-corrected chi connectivity index (χ1v) is 7.91. The summed E-state index contributed by atoms with van der Waals surface area (Å²) in [5.41, 5.74) is 1.27. The van der Waals surface area contributed by atoms with Crippen molar-refractivity contribution in [2.75, 3.05) is 7.11 Å². The van der Waals surface area contributed by atoms with E-state index in [9.17, 15) is 13.2 Å². The molecular formula is C18H17F3N4O. The lowest BCUT2D eigenvalue weighted by atomic mass is 9.85. The highest BCUT2D eigenvalue weighted by atomic mass is 19.4. The van der Waals surface area contributed by atoms with Crippen LogP contribution in [0.4, 0.5) is 13.2 Å². The minimum atomic E-state index is -4.46. The van der Waals surface area contributed by atoms with Crippen molar-refractivity contribution < 1.29 is 17.9 Å². The first kappa shape index (κ1) is 17.9. The Hall–Kier alpha value is -2.90. The standard InChI is InChI=1S/C18H17F3N4O/c1-11-4-3-5-14(18(19,20)21)16(11)13(15-9-22-10-24-15)8-12-6-7-23-17(25-12)26-2/h3-7,9-10,13H,8H2,1-2H3,(H,22,24). The van der Waals surface area contributed by atoms with Gasteiger partial charge in [0.25, 0.3) is 0 Å². The molecule has 1 unspecified atom stereocenters. The second-order valence-electron chi connectivity index (χ2n) is 5.83. The van der Waals surface area contributed by atoms with E-state index in [1.807, 2.05) is 0 Å². The molecule has 0 bridgehead atoms. The number of benzene rings is 1. The number of rotatable bonds is 5. The number of methoxy groups -OCH3 is 1. The maximum absolute atomic E-state index is 13.6. The van der Waals surface area contributed by atoms with Crippen molar-refractivity contribution in [3.63, 3.8) is 0 Å². The third-order valence-corrected chi connectivity index (χ3v) is 4.16. The van der Waals surface area contributed by atoms with Gasteiger partial charge in [0, 0.05) is 36.1 Å². The Labute approximate surface area is 148 Å². The summed E-state index contributed by atoms with van der Waals surface area (Å²) in [6.45, 7) is 1.68. The van der Waals surface area contributed by atoms with Crippen molar-refractivity contribution in [2.24, 2.45) is 0 Å². The van der Waals surface area contributed by atoms with Crippen molar-refractivity contribution >= 4 is 0 Å². The van der Waals surface area contributed by atoms with Gasteiger partial charge < -0.3 is 9.72 Å². The van der Waals surface area contributed by atoms with E-state index in [1.54, 1.807) is 19.1 Å². The number of aromatic amines is 1. The molecule has 0 saturated carbocycles. The van der Waals surface area contributed by atoms with Crippen LogP contribution < -0.4 is 4.74 Å². The minimum Gasteiger partial charge on any atom is -0.467 e. The number of nitrogens with zero attached hydrogens (tertiary/aromatic N) is 3. The SMILES string of the molecule is COc1nccc(CC(c2cnc[nH]2)c2c(C)cccc2C(F)(F)F)n1. The molecule has 0 fully saturated rings. The Morgan fingerprint density at radius 3 is 2.69 bits per heavy atom. The lowest BCUT2D eigenvalue weighted by molar-refractivity contribution is -0.138.